The van der Waals surface area contributed by atoms with Crippen LogP contribution in [0.2, 0.25) is 0 Å². The molecule has 1 heterocycles. The monoisotopic (exact) mass is 263 g/mol. The van der Waals surface area contributed by atoms with Crippen molar-refractivity contribution >= 4 is 11.7 Å². The summed E-state index contributed by atoms with van der Waals surface area (Å²) < 4.78 is 10.4. The number of aryl methyl sites for hydroxylation is 1. The van der Waals surface area contributed by atoms with Crippen LogP contribution in [-0.4, -0.2) is 31.8 Å². The second-order valence-electron chi connectivity index (χ2n) is 4.80. The summed E-state index contributed by atoms with van der Waals surface area (Å²) in [6, 6.07) is 6.13. The van der Waals surface area contributed by atoms with Gasteiger partial charge in [0.25, 0.3) is 0 Å². The Labute approximate surface area is 114 Å². The molecule has 0 saturated carbocycles. The first-order chi connectivity index (χ1) is 9.20. The zero-order valence-electron chi connectivity index (χ0n) is 11.6. The molecule has 104 valence electrons. The van der Waals surface area contributed by atoms with Crippen LogP contribution in [0.1, 0.15) is 35.7 Å². The lowest BCUT2D eigenvalue weighted by atomic mass is 10.1. The Bertz CT molecular complexity index is 439. The predicted octanol–water partition coefficient (Wildman–Crippen LogP) is 2.76. The summed E-state index contributed by atoms with van der Waals surface area (Å²) in [5, 5.41) is 3.45. The van der Waals surface area contributed by atoms with Crippen LogP contribution >= 0.6 is 0 Å². The Morgan fingerprint density at radius 3 is 2.84 bits per heavy atom. The van der Waals surface area contributed by atoms with Gasteiger partial charge in [-0.3, -0.25) is 0 Å². The molecule has 1 aromatic carbocycles. The number of ether oxygens (including phenoxy) is 2. The number of carbonyl (C=O) groups excluding carboxylic acids is 1. The Hall–Kier alpha value is -1.55. The molecule has 1 saturated heterocycles. The van der Waals surface area contributed by atoms with Crippen LogP contribution < -0.4 is 5.32 Å². The molecule has 1 aliphatic heterocycles. The fraction of sp³-hybridized carbons (Fsp3) is 0.533. The van der Waals surface area contributed by atoms with Crippen molar-refractivity contribution in [3.63, 3.8) is 0 Å². The molecule has 0 unspecified atom stereocenters. The first-order valence-electron chi connectivity index (χ1n) is 6.82. The minimum absolute atomic E-state index is 0.267. The Kier molecular flexibility index (Phi) is 4.80. The van der Waals surface area contributed by atoms with Crippen LogP contribution in [-0.2, 0) is 9.47 Å². The van der Waals surface area contributed by atoms with Crippen molar-refractivity contribution < 1.29 is 14.3 Å². The largest absolute Gasteiger partial charge is 0.462 e. The first-order valence-corrected chi connectivity index (χ1v) is 6.82. The smallest absolute Gasteiger partial charge is 0.340 e. The Balaban J connectivity index is 2.16. The minimum atomic E-state index is -0.267. The third-order valence-corrected chi connectivity index (χ3v) is 3.25. The van der Waals surface area contributed by atoms with E-state index in [0.717, 1.165) is 37.3 Å². The SMILES string of the molecule is CCOC(=O)c1ccc(C)cc1NC1CCOCC1. The van der Waals surface area contributed by atoms with Gasteiger partial charge in [0.15, 0.2) is 0 Å². The molecule has 1 aliphatic rings. The number of rotatable bonds is 4. The van der Waals surface area contributed by atoms with Crippen molar-refractivity contribution in [1.29, 1.82) is 0 Å². The molecular formula is C15H21NO3. The average molecular weight is 263 g/mol. The topological polar surface area (TPSA) is 47.6 Å². The van der Waals surface area contributed by atoms with Crippen LogP contribution in [0.15, 0.2) is 18.2 Å². The summed E-state index contributed by atoms with van der Waals surface area (Å²) in [5.74, 6) is -0.267. The Morgan fingerprint density at radius 1 is 1.42 bits per heavy atom. The number of anilines is 1. The second-order valence-corrected chi connectivity index (χ2v) is 4.80. The normalized spacial score (nSPS) is 16.1. The minimum Gasteiger partial charge on any atom is -0.462 e. The maximum Gasteiger partial charge on any atom is 0.340 e. The van der Waals surface area contributed by atoms with Crippen LogP contribution in [0.3, 0.4) is 0 Å². The fourth-order valence-electron chi connectivity index (χ4n) is 2.23. The van der Waals surface area contributed by atoms with Crippen molar-refractivity contribution in [2.45, 2.75) is 32.7 Å². The highest BCUT2D eigenvalue weighted by Gasteiger charge is 2.18. The summed E-state index contributed by atoms with van der Waals surface area (Å²) in [4.78, 5) is 11.9. The Morgan fingerprint density at radius 2 is 2.16 bits per heavy atom. The van der Waals surface area contributed by atoms with E-state index < -0.39 is 0 Å². The number of esters is 1. The predicted molar refractivity (Wildman–Crippen MR) is 74.6 cm³/mol. The van der Waals surface area contributed by atoms with E-state index in [0.29, 0.717) is 18.2 Å². The molecule has 1 N–H and O–H groups in total. The lowest BCUT2D eigenvalue weighted by Crippen LogP contribution is -2.28. The van der Waals surface area contributed by atoms with E-state index >= 15 is 0 Å². The van der Waals surface area contributed by atoms with Gasteiger partial charge in [-0.25, -0.2) is 4.79 Å². The molecule has 0 aliphatic carbocycles. The summed E-state index contributed by atoms with van der Waals surface area (Å²) >= 11 is 0. The maximum absolute atomic E-state index is 11.9. The van der Waals surface area contributed by atoms with Gasteiger partial charge in [0.05, 0.1) is 12.2 Å². The van der Waals surface area contributed by atoms with Gasteiger partial charge in [-0.05, 0) is 44.4 Å². The molecule has 4 nitrogen and oxygen atoms in total. The average Bonchev–Trinajstić information content (AvgIpc) is 2.40. The summed E-state index contributed by atoms with van der Waals surface area (Å²) in [5.41, 5.74) is 2.60. The van der Waals surface area contributed by atoms with Gasteiger partial charge in [-0.15, -0.1) is 0 Å². The molecule has 0 atom stereocenters. The van der Waals surface area contributed by atoms with E-state index in [-0.39, 0.29) is 5.97 Å². The molecule has 0 amide bonds. The van der Waals surface area contributed by atoms with Crippen molar-refractivity contribution in [3.8, 4) is 0 Å². The molecule has 4 heteroatoms. The van der Waals surface area contributed by atoms with E-state index in [4.69, 9.17) is 9.47 Å². The number of carbonyl (C=O) groups is 1. The molecule has 2 rings (SSSR count). The van der Waals surface area contributed by atoms with E-state index in [9.17, 15) is 4.79 Å². The molecule has 1 fully saturated rings. The maximum atomic E-state index is 11.9. The van der Waals surface area contributed by atoms with E-state index in [2.05, 4.69) is 5.32 Å². The fourth-order valence-corrected chi connectivity index (χ4v) is 2.23. The molecule has 0 bridgehead atoms. The third-order valence-electron chi connectivity index (χ3n) is 3.25. The summed E-state index contributed by atoms with van der Waals surface area (Å²) in [6.07, 6.45) is 1.94. The highest BCUT2D eigenvalue weighted by molar-refractivity contribution is 5.95. The van der Waals surface area contributed by atoms with Gasteiger partial charge in [-0.1, -0.05) is 6.07 Å². The van der Waals surface area contributed by atoms with Crippen molar-refractivity contribution in [3.05, 3.63) is 29.3 Å². The highest BCUT2D eigenvalue weighted by Crippen LogP contribution is 2.22. The van der Waals surface area contributed by atoms with E-state index in [1.807, 2.05) is 32.0 Å². The molecule has 0 radical (unpaired) electrons. The zero-order chi connectivity index (χ0) is 13.7. The zero-order valence-corrected chi connectivity index (χ0v) is 11.6. The standard InChI is InChI=1S/C15H21NO3/c1-3-19-15(17)13-5-4-11(2)10-14(13)16-12-6-8-18-9-7-12/h4-5,10,12,16H,3,6-9H2,1-2H3. The van der Waals surface area contributed by atoms with Crippen molar-refractivity contribution in [2.24, 2.45) is 0 Å². The highest BCUT2D eigenvalue weighted by atomic mass is 16.5. The molecule has 0 spiro atoms. The lowest BCUT2D eigenvalue weighted by molar-refractivity contribution is 0.0527. The molecule has 0 aromatic heterocycles. The van der Waals surface area contributed by atoms with Crippen molar-refractivity contribution in [2.75, 3.05) is 25.1 Å². The quantitative estimate of drug-likeness (QED) is 0.849. The van der Waals surface area contributed by atoms with Crippen LogP contribution in [0, 0.1) is 6.92 Å². The van der Waals surface area contributed by atoms with Crippen LogP contribution in [0.5, 0.6) is 0 Å². The number of benzene rings is 1. The van der Waals surface area contributed by atoms with Crippen LogP contribution in [0.4, 0.5) is 5.69 Å². The van der Waals surface area contributed by atoms with Gasteiger partial charge in [-0.2, -0.15) is 0 Å². The summed E-state index contributed by atoms with van der Waals surface area (Å²) in [7, 11) is 0. The van der Waals surface area contributed by atoms with Crippen LogP contribution in [0.25, 0.3) is 0 Å². The van der Waals surface area contributed by atoms with Gasteiger partial charge >= 0.3 is 5.97 Å². The number of hydrogen-bond donors (Lipinski definition) is 1. The van der Waals surface area contributed by atoms with Crippen molar-refractivity contribution in [1.82, 2.24) is 0 Å². The van der Waals surface area contributed by atoms with Gasteiger partial charge < -0.3 is 14.8 Å². The molecule has 19 heavy (non-hydrogen) atoms. The first kappa shape index (κ1) is 13.9. The molecular weight excluding hydrogens is 242 g/mol. The van der Waals surface area contributed by atoms with Gasteiger partial charge in [0.1, 0.15) is 0 Å². The second kappa shape index (κ2) is 6.57. The van der Waals surface area contributed by atoms with Gasteiger partial charge in [0.2, 0.25) is 0 Å². The van der Waals surface area contributed by atoms with E-state index in [1.165, 1.54) is 0 Å². The van der Waals surface area contributed by atoms with Gasteiger partial charge in [0, 0.05) is 24.9 Å². The van der Waals surface area contributed by atoms with E-state index in [1.54, 1.807) is 0 Å². The lowest BCUT2D eigenvalue weighted by Gasteiger charge is -2.25. The third kappa shape index (κ3) is 3.70. The molecule has 1 aromatic rings. The summed E-state index contributed by atoms with van der Waals surface area (Å²) in [6.45, 7) is 5.78. The number of hydrogen-bond acceptors (Lipinski definition) is 4. The number of nitrogens with one attached hydrogen (secondary N) is 1.